The van der Waals surface area contributed by atoms with Crippen molar-refractivity contribution in [3.05, 3.63) is 28.3 Å². The monoisotopic (exact) mass is 279 g/mol. The number of piperidine rings is 1. The van der Waals surface area contributed by atoms with Gasteiger partial charge in [0.15, 0.2) is 0 Å². The first-order chi connectivity index (χ1) is 9.66. The van der Waals surface area contributed by atoms with Crippen LogP contribution in [0.25, 0.3) is 0 Å². The maximum absolute atomic E-state index is 10.6. The second-order valence-electron chi connectivity index (χ2n) is 5.14. The lowest BCUT2D eigenvalue weighted by molar-refractivity contribution is -0.384. The van der Waals surface area contributed by atoms with Gasteiger partial charge in [-0.2, -0.15) is 0 Å². The van der Waals surface area contributed by atoms with Crippen LogP contribution in [0.4, 0.5) is 11.4 Å². The molecule has 0 aliphatic carbocycles. The second-order valence-corrected chi connectivity index (χ2v) is 5.14. The summed E-state index contributed by atoms with van der Waals surface area (Å²) in [4.78, 5) is 12.5. The van der Waals surface area contributed by atoms with E-state index in [1.165, 1.54) is 44.5 Å². The number of nitro groups is 1. The number of benzene rings is 1. The molecule has 1 heterocycles. The van der Waals surface area contributed by atoms with E-state index in [-0.39, 0.29) is 11.4 Å². The molecule has 1 aliphatic heterocycles. The van der Waals surface area contributed by atoms with Gasteiger partial charge in [0.1, 0.15) is 5.75 Å². The van der Waals surface area contributed by atoms with Gasteiger partial charge < -0.3 is 15.3 Å². The Morgan fingerprint density at radius 2 is 2.05 bits per heavy atom. The molecule has 1 aromatic carbocycles. The Hall–Kier alpha value is -1.82. The fourth-order valence-corrected chi connectivity index (χ4v) is 2.49. The Morgan fingerprint density at radius 1 is 1.30 bits per heavy atom. The Bertz CT molecular complexity index is 459. The molecule has 0 amide bonds. The van der Waals surface area contributed by atoms with Gasteiger partial charge >= 0.3 is 0 Å². The fourth-order valence-electron chi connectivity index (χ4n) is 2.49. The van der Waals surface area contributed by atoms with Crippen molar-refractivity contribution < 1.29 is 10.0 Å². The number of aromatic hydroxyl groups is 1. The maximum Gasteiger partial charge on any atom is 0.273 e. The molecule has 1 saturated heterocycles. The molecule has 2 N–H and O–H groups in total. The maximum atomic E-state index is 10.6. The van der Waals surface area contributed by atoms with Crippen LogP contribution in [0.3, 0.4) is 0 Å². The molecule has 0 radical (unpaired) electrons. The van der Waals surface area contributed by atoms with E-state index < -0.39 is 4.92 Å². The molecule has 20 heavy (non-hydrogen) atoms. The normalized spacial score (nSPS) is 16.0. The van der Waals surface area contributed by atoms with Crippen LogP contribution in [0.15, 0.2) is 18.2 Å². The molecule has 1 aliphatic rings. The summed E-state index contributed by atoms with van der Waals surface area (Å²) in [6, 6.07) is 4.12. The highest BCUT2D eigenvalue weighted by molar-refractivity contribution is 5.59. The Kier molecular flexibility index (Phi) is 5.17. The van der Waals surface area contributed by atoms with E-state index in [0.717, 1.165) is 19.5 Å². The highest BCUT2D eigenvalue weighted by Gasteiger charge is 2.11. The van der Waals surface area contributed by atoms with Crippen molar-refractivity contribution in [1.29, 1.82) is 0 Å². The number of hydrogen-bond donors (Lipinski definition) is 2. The second kappa shape index (κ2) is 7.09. The summed E-state index contributed by atoms with van der Waals surface area (Å²) in [5.41, 5.74) is 0.454. The minimum atomic E-state index is -0.514. The molecule has 2 rings (SSSR count). The van der Waals surface area contributed by atoms with E-state index in [0.29, 0.717) is 5.69 Å². The van der Waals surface area contributed by atoms with Crippen molar-refractivity contribution in [3.8, 4) is 5.75 Å². The van der Waals surface area contributed by atoms with E-state index in [4.69, 9.17) is 0 Å². The standard InChI is InChI=1S/C14H21N3O3/c18-14-11-12(17(19)20)5-6-13(14)15-7-4-10-16-8-2-1-3-9-16/h5-6,11,15,18H,1-4,7-10H2. The lowest BCUT2D eigenvalue weighted by Crippen LogP contribution is -2.31. The van der Waals surface area contributed by atoms with Gasteiger partial charge in [-0.3, -0.25) is 10.1 Å². The van der Waals surface area contributed by atoms with E-state index in [2.05, 4.69) is 10.2 Å². The van der Waals surface area contributed by atoms with Gasteiger partial charge in [-0.15, -0.1) is 0 Å². The van der Waals surface area contributed by atoms with Crippen molar-refractivity contribution in [2.24, 2.45) is 0 Å². The van der Waals surface area contributed by atoms with Crippen molar-refractivity contribution in [3.63, 3.8) is 0 Å². The summed E-state index contributed by atoms with van der Waals surface area (Å²) in [5, 5.41) is 23.4. The largest absolute Gasteiger partial charge is 0.506 e. The molecule has 0 atom stereocenters. The Morgan fingerprint density at radius 3 is 2.70 bits per heavy atom. The zero-order valence-electron chi connectivity index (χ0n) is 11.5. The Balaban J connectivity index is 1.74. The van der Waals surface area contributed by atoms with Gasteiger partial charge in [-0.1, -0.05) is 6.42 Å². The quantitative estimate of drug-likeness (QED) is 0.362. The zero-order chi connectivity index (χ0) is 14.4. The molecule has 0 unspecified atom stereocenters. The first-order valence-electron chi connectivity index (χ1n) is 7.10. The number of hydrogen-bond acceptors (Lipinski definition) is 5. The smallest absolute Gasteiger partial charge is 0.273 e. The predicted molar refractivity (Wildman–Crippen MR) is 78.2 cm³/mol. The average molecular weight is 279 g/mol. The van der Waals surface area contributed by atoms with Crippen molar-refractivity contribution in [1.82, 2.24) is 4.90 Å². The molecule has 110 valence electrons. The number of phenolic OH excluding ortho intramolecular Hbond substituents is 1. The number of likely N-dealkylation sites (tertiary alicyclic amines) is 1. The van der Waals surface area contributed by atoms with Crippen LogP contribution in [0.2, 0.25) is 0 Å². The number of non-ortho nitro benzene ring substituents is 1. The lowest BCUT2D eigenvalue weighted by Gasteiger charge is -2.26. The lowest BCUT2D eigenvalue weighted by atomic mass is 10.1. The summed E-state index contributed by atoms with van der Waals surface area (Å²) < 4.78 is 0. The van der Waals surface area contributed by atoms with Gasteiger partial charge in [-0.05, 0) is 45.0 Å². The third kappa shape index (κ3) is 4.09. The minimum absolute atomic E-state index is 0.0721. The number of rotatable bonds is 6. The van der Waals surface area contributed by atoms with Crippen LogP contribution in [-0.2, 0) is 0 Å². The van der Waals surface area contributed by atoms with Crippen molar-refractivity contribution in [2.45, 2.75) is 25.7 Å². The molecule has 0 aromatic heterocycles. The molecular weight excluding hydrogens is 258 g/mol. The van der Waals surface area contributed by atoms with E-state index in [1.807, 2.05) is 0 Å². The van der Waals surface area contributed by atoms with Crippen LogP contribution in [-0.4, -0.2) is 41.1 Å². The molecular formula is C14H21N3O3. The highest BCUT2D eigenvalue weighted by Crippen LogP contribution is 2.27. The van der Waals surface area contributed by atoms with Gasteiger partial charge in [0, 0.05) is 12.6 Å². The third-order valence-corrected chi connectivity index (χ3v) is 3.61. The van der Waals surface area contributed by atoms with Gasteiger partial charge in [-0.25, -0.2) is 0 Å². The van der Waals surface area contributed by atoms with Crippen molar-refractivity contribution >= 4 is 11.4 Å². The molecule has 0 spiro atoms. The van der Waals surface area contributed by atoms with Gasteiger partial charge in [0.25, 0.3) is 5.69 Å². The minimum Gasteiger partial charge on any atom is -0.506 e. The van der Waals surface area contributed by atoms with Crippen LogP contribution >= 0.6 is 0 Å². The van der Waals surface area contributed by atoms with Crippen LogP contribution in [0, 0.1) is 10.1 Å². The molecule has 1 aromatic rings. The third-order valence-electron chi connectivity index (χ3n) is 3.61. The SMILES string of the molecule is O=[N+]([O-])c1ccc(NCCCN2CCCCC2)c(O)c1. The molecule has 6 nitrogen and oxygen atoms in total. The highest BCUT2D eigenvalue weighted by atomic mass is 16.6. The first kappa shape index (κ1) is 14.6. The molecule has 6 heteroatoms. The topological polar surface area (TPSA) is 78.6 Å². The number of nitro benzene ring substituents is 1. The number of nitrogens with one attached hydrogen (secondary N) is 1. The molecule has 0 saturated carbocycles. The van der Waals surface area contributed by atoms with Crippen LogP contribution < -0.4 is 5.32 Å². The summed E-state index contributed by atoms with van der Waals surface area (Å²) in [6.07, 6.45) is 4.91. The van der Waals surface area contributed by atoms with Crippen LogP contribution in [0.1, 0.15) is 25.7 Å². The molecule has 1 fully saturated rings. The fraction of sp³-hybridized carbons (Fsp3) is 0.571. The zero-order valence-corrected chi connectivity index (χ0v) is 11.5. The summed E-state index contributed by atoms with van der Waals surface area (Å²) >= 11 is 0. The van der Waals surface area contributed by atoms with E-state index >= 15 is 0 Å². The number of anilines is 1. The summed E-state index contributed by atoms with van der Waals surface area (Å²) in [6.45, 7) is 4.17. The first-order valence-corrected chi connectivity index (χ1v) is 7.10. The number of nitrogens with zero attached hydrogens (tertiary/aromatic N) is 2. The van der Waals surface area contributed by atoms with E-state index in [1.54, 1.807) is 6.07 Å². The Labute approximate surface area is 118 Å². The van der Waals surface area contributed by atoms with Crippen LogP contribution in [0.5, 0.6) is 5.75 Å². The number of phenols is 1. The van der Waals surface area contributed by atoms with Crippen molar-refractivity contribution in [2.75, 3.05) is 31.5 Å². The van der Waals surface area contributed by atoms with E-state index in [9.17, 15) is 15.2 Å². The van der Waals surface area contributed by atoms with Gasteiger partial charge in [0.2, 0.25) is 0 Å². The summed E-state index contributed by atoms with van der Waals surface area (Å²) in [5.74, 6) is -0.0721. The van der Waals surface area contributed by atoms with Gasteiger partial charge in [0.05, 0.1) is 16.7 Å². The average Bonchev–Trinajstić information content (AvgIpc) is 2.46. The summed E-state index contributed by atoms with van der Waals surface area (Å²) in [7, 11) is 0. The molecule has 0 bridgehead atoms. The predicted octanol–water partition coefficient (Wildman–Crippen LogP) is 2.59.